The Morgan fingerprint density at radius 3 is 2.46 bits per heavy atom. The smallest absolute Gasteiger partial charge is 0.152 e. The molecule has 0 unspecified atom stereocenters. The molecule has 190 valence electrons. The second-order valence-corrected chi connectivity index (χ2v) is 10.3. The third kappa shape index (κ3) is 6.36. The number of nitrogens with zero attached hydrogens (tertiary/aromatic N) is 3. The molecule has 2 aromatic rings. The number of halogens is 1. The van der Waals surface area contributed by atoms with Crippen molar-refractivity contribution in [1.82, 2.24) is 9.97 Å². The van der Waals surface area contributed by atoms with Crippen molar-refractivity contribution in [3.8, 4) is 11.1 Å². The zero-order chi connectivity index (χ0) is 24.0. The quantitative estimate of drug-likeness (QED) is 0.521. The second-order valence-electron chi connectivity index (χ2n) is 9.94. The average Bonchev–Trinajstić information content (AvgIpc) is 2.91. The number of anilines is 3. The Kier molecular flexibility index (Phi) is 8.24. The van der Waals surface area contributed by atoms with Gasteiger partial charge in [-0.25, -0.2) is 9.97 Å². The van der Waals surface area contributed by atoms with Crippen LogP contribution in [0.15, 0.2) is 24.5 Å². The number of rotatable bonds is 7. The fourth-order valence-corrected chi connectivity index (χ4v) is 5.39. The molecule has 2 aliphatic heterocycles. The van der Waals surface area contributed by atoms with Gasteiger partial charge in [-0.1, -0.05) is 11.6 Å². The molecule has 0 amide bonds. The lowest BCUT2D eigenvalue weighted by Gasteiger charge is -2.30. The molecule has 1 aliphatic carbocycles. The molecule has 9 heteroatoms. The number of nitrogens with one attached hydrogen (secondary N) is 2. The van der Waals surface area contributed by atoms with E-state index in [4.69, 9.17) is 31.8 Å². The van der Waals surface area contributed by atoms with Gasteiger partial charge in [0.25, 0.3) is 0 Å². The molecule has 0 aromatic carbocycles. The number of hydrogen-bond donors (Lipinski definition) is 3. The van der Waals surface area contributed by atoms with E-state index in [9.17, 15) is 0 Å². The lowest BCUT2D eigenvalue weighted by molar-refractivity contribution is 0.0699. The second kappa shape index (κ2) is 11.7. The van der Waals surface area contributed by atoms with Crippen LogP contribution in [-0.2, 0) is 9.47 Å². The van der Waals surface area contributed by atoms with Crippen molar-refractivity contribution in [2.24, 2.45) is 11.7 Å². The van der Waals surface area contributed by atoms with Crippen molar-refractivity contribution in [3.05, 3.63) is 29.5 Å². The molecule has 3 fully saturated rings. The van der Waals surface area contributed by atoms with E-state index in [0.717, 1.165) is 113 Å². The summed E-state index contributed by atoms with van der Waals surface area (Å²) < 4.78 is 11.1. The van der Waals surface area contributed by atoms with Crippen LogP contribution in [0.4, 0.5) is 17.3 Å². The normalized spacial score (nSPS) is 23.8. The van der Waals surface area contributed by atoms with Crippen LogP contribution in [0.2, 0.25) is 5.02 Å². The largest absolute Gasteiger partial charge is 0.382 e. The molecule has 3 aliphatic rings. The molecule has 0 radical (unpaired) electrons. The first kappa shape index (κ1) is 24.6. The highest BCUT2D eigenvalue weighted by molar-refractivity contribution is 6.33. The molecule has 5 rings (SSSR count). The Morgan fingerprint density at radius 2 is 1.69 bits per heavy atom. The number of pyridine rings is 2. The van der Waals surface area contributed by atoms with Crippen molar-refractivity contribution in [2.75, 3.05) is 61.6 Å². The first-order chi connectivity index (χ1) is 17.2. The van der Waals surface area contributed by atoms with Crippen LogP contribution in [0.25, 0.3) is 11.1 Å². The van der Waals surface area contributed by atoms with Crippen molar-refractivity contribution in [2.45, 2.75) is 50.6 Å². The summed E-state index contributed by atoms with van der Waals surface area (Å²) in [5, 5.41) is 7.92. The highest BCUT2D eigenvalue weighted by Crippen LogP contribution is 2.35. The van der Waals surface area contributed by atoms with E-state index >= 15 is 0 Å². The van der Waals surface area contributed by atoms with E-state index < -0.39 is 0 Å². The van der Waals surface area contributed by atoms with Gasteiger partial charge in [-0.3, -0.25) is 0 Å². The van der Waals surface area contributed by atoms with E-state index in [0.29, 0.717) is 23.0 Å². The summed E-state index contributed by atoms with van der Waals surface area (Å²) in [6.07, 6.45) is 10.1. The lowest BCUT2D eigenvalue weighted by Crippen LogP contribution is -2.37. The predicted molar refractivity (Wildman–Crippen MR) is 141 cm³/mol. The van der Waals surface area contributed by atoms with Gasteiger partial charge in [-0.05, 0) is 56.6 Å². The number of morpholine rings is 1. The van der Waals surface area contributed by atoms with Crippen LogP contribution in [0.5, 0.6) is 0 Å². The van der Waals surface area contributed by atoms with Crippen LogP contribution in [-0.4, -0.2) is 68.1 Å². The summed E-state index contributed by atoms with van der Waals surface area (Å²) in [6, 6.07) is 4.95. The van der Waals surface area contributed by atoms with E-state index in [1.165, 1.54) is 0 Å². The third-order valence-corrected chi connectivity index (χ3v) is 7.69. The average molecular weight is 501 g/mol. The zero-order valence-corrected chi connectivity index (χ0v) is 21.1. The van der Waals surface area contributed by atoms with Crippen LogP contribution in [0.1, 0.15) is 38.5 Å². The molecule has 8 nitrogen and oxygen atoms in total. The molecule has 0 bridgehead atoms. The topological polar surface area (TPSA) is 97.6 Å². The van der Waals surface area contributed by atoms with Crippen LogP contribution in [0.3, 0.4) is 0 Å². The molecule has 4 N–H and O–H groups in total. The Hall–Kier alpha value is -2.13. The van der Waals surface area contributed by atoms with Gasteiger partial charge < -0.3 is 30.7 Å². The summed E-state index contributed by atoms with van der Waals surface area (Å²) in [5.74, 6) is 2.43. The maximum absolute atomic E-state index is 6.64. The molecular formula is C26H37ClN6O2. The van der Waals surface area contributed by atoms with Crippen molar-refractivity contribution >= 4 is 28.9 Å². The van der Waals surface area contributed by atoms with Gasteiger partial charge in [0.1, 0.15) is 5.82 Å². The minimum atomic E-state index is 0.324. The first-order valence-electron chi connectivity index (χ1n) is 13.0. The maximum Gasteiger partial charge on any atom is 0.152 e. The van der Waals surface area contributed by atoms with Crippen LogP contribution < -0.4 is 21.3 Å². The Morgan fingerprint density at radius 1 is 0.943 bits per heavy atom. The summed E-state index contributed by atoms with van der Waals surface area (Å²) in [6.45, 7) is 5.72. The molecule has 0 spiro atoms. The minimum absolute atomic E-state index is 0.324. The van der Waals surface area contributed by atoms with Crippen LogP contribution in [0, 0.1) is 5.92 Å². The standard InChI is InChI=1S/C26H37ClN6O2/c27-23-17-30-25(32-21-3-1-20(28)2-4-21)14-22(23)19-13-24(29-15-18-5-9-34-10-6-18)26(31-16-19)33-7-11-35-12-8-33/h13-14,16-18,20-21,29H,1-12,15,28H2,(H,30,32). The molecule has 2 aromatic heterocycles. The predicted octanol–water partition coefficient (Wildman–Crippen LogP) is 4.15. The van der Waals surface area contributed by atoms with Gasteiger partial charge in [0, 0.05) is 68.5 Å². The minimum Gasteiger partial charge on any atom is -0.382 e. The van der Waals surface area contributed by atoms with E-state index in [1.807, 2.05) is 12.3 Å². The monoisotopic (exact) mass is 500 g/mol. The molecule has 1 saturated carbocycles. The van der Waals surface area contributed by atoms with Gasteiger partial charge in [0.15, 0.2) is 5.82 Å². The number of ether oxygens (including phenoxy) is 2. The summed E-state index contributed by atoms with van der Waals surface area (Å²) in [5.41, 5.74) is 9.03. The molecular weight excluding hydrogens is 464 g/mol. The summed E-state index contributed by atoms with van der Waals surface area (Å²) in [7, 11) is 0. The summed E-state index contributed by atoms with van der Waals surface area (Å²) >= 11 is 6.64. The number of hydrogen-bond acceptors (Lipinski definition) is 8. The van der Waals surface area contributed by atoms with Gasteiger partial charge in [0.05, 0.1) is 23.9 Å². The Bertz CT molecular complexity index is 972. The zero-order valence-electron chi connectivity index (χ0n) is 20.3. The van der Waals surface area contributed by atoms with Crippen molar-refractivity contribution in [3.63, 3.8) is 0 Å². The fourth-order valence-electron chi connectivity index (χ4n) is 5.18. The maximum atomic E-state index is 6.64. The number of nitrogens with two attached hydrogens (primary N) is 1. The van der Waals surface area contributed by atoms with Gasteiger partial charge in [0.2, 0.25) is 0 Å². The van der Waals surface area contributed by atoms with Gasteiger partial charge in [-0.2, -0.15) is 0 Å². The van der Waals surface area contributed by atoms with E-state index in [-0.39, 0.29) is 0 Å². The Balaban J connectivity index is 1.38. The van der Waals surface area contributed by atoms with Crippen molar-refractivity contribution in [1.29, 1.82) is 0 Å². The first-order valence-corrected chi connectivity index (χ1v) is 13.4. The van der Waals surface area contributed by atoms with Gasteiger partial charge in [-0.15, -0.1) is 0 Å². The van der Waals surface area contributed by atoms with Gasteiger partial charge >= 0.3 is 0 Å². The molecule has 4 heterocycles. The highest BCUT2D eigenvalue weighted by Gasteiger charge is 2.21. The molecule has 0 atom stereocenters. The highest BCUT2D eigenvalue weighted by atomic mass is 35.5. The van der Waals surface area contributed by atoms with E-state index in [2.05, 4.69) is 26.6 Å². The Labute approximate surface area is 212 Å². The molecule has 35 heavy (non-hydrogen) atoms. The SMILES string of the molecule is NC1CCC(Nc2cc(-c3cnc(N4CCOCC4)c(NCC4CCOCC4)c3)c(Cl)cn2)CC1. The third-order valence-electron chi connectivity index (χ3n) is 7.39. The molecule has 2 saturated heterocycles. The van der Waals surface area contributed by atoms with Crippen molar-refractivity contribution < 1.29 is 9.47 Å². The summed E-state index contributed by atoms with van der Waals surface area (Å²) in [4.78, 5) is 11.8. The van der Waals surface area contributed by atoms with E-state index in [1.54, 1.807) is 6.20 Å². The number of aromatic nitrogens is 2. The van der Waals surface area contributed by atoms with Crippen LogP contribution >= 0.6 is 11.6 Å². The lowest BCUT2D eigenvalue weighted by atomic mass is 9.92. The fraction of sp³-hybridized carbons (Fsp3) is 0.615.